The minimum atomic E-state index is 1.22. The maximum atomic E-state index is 2.27. The molecule has 0 aromatic carbocycles. The van der Waals surface area contributed by atoms with Gasteiger partial charge in [0.25, 0.3) is 0 Å². The molecule has 1 heterocycles. The van der Waals surface area contributed by atoms with Crippen molar-refractivity contribution in [3.05, 3.63) is 27.5 Å². The van der Waals surface area contributed by atoms with Crippen molar-refractivity contribution >= 4 is 17.4 Å². The first-order valence-electron chi connectivity index (χ1n) is 4.50. The van der Waals surface area contributed by atoms with Gasteiger partial charge >= 0.3 is 0 Å². The molecule has 0 aliphatic heterocycles. The van der Waals surface area contributed by atoms with Crippen molar-refractivity contribution in [2.45, 2.75) is 33.6 Å². The molecule has 0 fully saturated rings. The molecule has 0 atom stereocenters. The molecule has 0 saturated heterocycles. The second-order valence-corrected chi connectivity index (χ2v) is 4.33. The highest BCUT2D eigenvalue weighted by Gasteiger charge is 2.02. The van der Waals surface area contributed by atoms with Crippen LogP contribution >= 0.6 is 11.3 Å². The average Bonchev–Trinajstić information content (AvgIpc) is 2.33. The largest absolute Gasteiger partial charge is 0.145 e. The van der Waals surface area contributed by atoms with E-state index in [1.54, 1.807) is 0 Å². The van der Waals surface area contributed by atoms with E-state index < -0.39 is 0 Å². The van der Waals surface area contributed by atoms with Crippen LogP contribution in [0.25, 0.3) is 6.08 Å². The van der Waals surface area contributed by atoms with Gasteiger partial charge in [-0.05, 0) is 31.9 Å². The Morgan fingerprint density at radius 2 is 2.25 bits per heavy atom. The molecule has 0 radical (unpaired) electrons. The lowest BCUT2D eigenvalue weighted by Gasteiger charge is -1.94. The van der Waals surface area contributed by atoms with E-state index in [9.17, 15) is 0 Å². The molecular formula is C11H16S. The van der Waals surface area contributed by atoms with Crippen LogP contribution in [-0.4, -0.2) is 0 Å². The van der Waals surface area contributed by atoms with Crippen molar-refractivity contribution in [3.8, 4) is 0 Å². The van der Waals surface area contributed by atoms with E-state index in [1.807, 2.05) is 11.3 Å². The minimum absolute atomic E-state index is 1.22. The average molecular weight is 180 g/mol. The van der Waals surface area contributed by atoms with Gasteiger partial charge in [0.05, 0.1) is 0 Å². The Morgan fingerprint density at radius 3 is 2.83 bits per heavy atom. The van der Waals surface area contributed by atoms with Crippen molar-refractivity contribution in [1.29, 1.82) is 0 Å². The second kappa shape index (κ2) is 4.46. The zero-order valence-corrected chi connectivity index (χ0v) is 8.87. The third-order valence-corrected chi connectivity index (χ3v) is 2.91. The Morgan fingerprint density at radius 1 is 1.50 bits per heavy atom. The fourth-order valence-corrected chi connectivity index (χ4v) is 2.45. The van der Waals surface area contributed by atoms with Crippen LogP contribution in [-0.2, 0) is 6.42 Å². The van der Waals surface area contributed by atoms with Crippen LogP contribution in [0.2, 0.25) is 0 Å². The lowest BCUT2D eigenvalue weighted by Crippen LogP contribution is -1.79. The molecule has 1 aromatic heterocycles. The van der Waals surface area contributed by atoms with Crippen LogP contribution in [0.5, 0.6) is 0 Å². The van der Waals surface area contributed by atoms with Gasteiger partial charge in [-0.3, -0.25) is 0 Å². The lowest BCUT2D eigenvalue weighted by molar-refractivity contribution is 0.938. The number of thiophene rings is 1. The number of hydrogen-bond acceptors (Lipinski definition) is 1. The van der Waals surface area contributed by atoms with Gasteiger partial charge in [0.2, 0.25) is 0 Å². The van der Waals surface area contributed by atoms with Crippen LogP contribution in [0.1, 0.15) is 35.6 Å². The molecule has 0 spiro atoms. The summed E-state index contributed by atoms with van der Waals surface area (Å²) in [6, 6.07) is 2.27. The van der Waals surface area contributed by atoms with Gasteiger partial charge in [-0.15, -0.1) is 11.3 Å². The standard InChI is InChI=1S/C11H16S/c1-4-6-10-8-9(3)12-11(10)7-5-2/h4,6,8H,5,7H2,1-3H3/b6-4-. The predicted octanol–water partition coefficient (Wildman–Crippen LogP) is 4.04. The van der Waals surface area contributed by atoms with E-state index in [1.165, 1.54) is 28.2 Å². The molecule has 0 saturated carbocycles. The van der Waals surface area contributed by atoms with Crippen molar-refractivity contribution in [2.75, 3.05) is 0 Å². The molecule has 0 aliphatic rings. The van der Waals surface area contributed by atoms with Crippen LogP contribution in [0.3, 0.4) is 0 Å². The van der Waals surface area contributed by atoms with Gasteiger partial charge in [0.1, 0.15) is 0 Å². The van der Waals surface area contributed by atoms with Gasteiger partial charge in [-0.1, -0.05) is 25.5 Å². The molecular weight excluding hydrogens is 164 g/mol. The molecule has 0 aliphatic carbocycles. The summed E-state index contributed by atoms with van der Waals surface area (Å²) in [6.07, 6.45) is 6.78. The summed E-state index contributed by atoms with van der Waals surface area (Å²) in [5.41, 5.74) is 1.42. The number of allylic oxidation sites excluding steroid dienone is 1. The summed E-state index contributed by atoms with van der Waals surface area (Å²) in [5.74, 6) is 0. The molecule has 12 heavy (non-hydrogen) atoms. The second-order valence-electron chi connectivity index (χ2n) is 2.99. The first kappa shape index (κ1) is 9.53. The Labute approximate surface area is 78.9 Å². The van der Waals surface area contributed by atoms with Gasteiger partial charge in [0, 0.05) is 9.75 Å². The third-order valence-electron chi connectivity index (χ3n) is 1.79. The molecule has 1 heteroatoms. The summed E-state index contributed by atoms with van der Waals surface area (Å²) in [4.78, 5) is 2.96. The first-order chi connectivity index (χ1) is 5.77. The quantitative estimate of drug-likeness (QED) is 0.658. The number of aryl methyl sites for hydroxylation is 2. The zero-order chi connectivity index (χ0) is 8.97. The van der Waals surface area contributed by atoms with E-state index in [4.69, 9.17) is 0 Å². The van der Waals surface area contributed by atoms with E-state index in [0.717, 1.165) is 0 Å². The van der Waals surface area contributed by atoms with E-state index in [2.05, 4.69) is 39.0 Å². The monoisotopic (exact) mass is 180 g/mol. The third kappa shape index (κ3) is 2.21. The van der Waals surface area contributed by atoms with Gasteiger partial charge < -0.3 is 0 Å². The van der Waals surface area contributed by atoms with Crippen molar-refractivity contribution in [1.82, 2.24) is 0 Å². The zero-order valence-electron chi connectivity index (χ0n) is 8.05. The SMILES string of the molecule is C/C=C\c1cc(C)sc1CCC. The molecule has 0 bridgehead atoms. The Bertz CT molecular complexity index is 269. The summed E-state index contributed by atoms with van der Waals surface area (Å²) < 4.78 is 0. The minimum Gasteiger partial charge on any atom is -0.145 e. The highest BCUT2D eigenvalue weighted by Crippen LogP contribution is 2.24. The predicted molar refractivity (Wildman–Crippen MR) is 57.8 cm³/mol. The normalized spacial score (nSPS) is 11.2. The van der Waals surface area contributed by atoms with Gasteiger partial charge in [0.15, 0.2) is 0 Å². The molecule has 66 valence electrons. The van der Waals surface area contributed by atoms with E-state index >= 15 is 0 Å². The fourth-order valence-electron chi connectivity index (χ4n) is 1.33. The van der Waals surface area contributed by atoms with Gasteiger partial charge in [-0.25, -0.2) is 0 Å². The topological polar surface area (TPSA) is 0 Å². The molecule has 0 nitrogen and oxygen atoms in total. The Balaban J connectivity index is 2.91. The van der Waals surface area contributed by atoms with Crippen molar-refractivity contribution in [3.63, 3.8) is 0 Å². The van der Waals surface area contributed by atoms with Crippen LogP contribution in [0.4, 0.5) is 0 Å². The van der Waals surface area contributed by atoms with E-state index in [-0.39, 0.29) is 0 Å². The molecule has 1 rings (SSSR count). The maximum Gasteiger partial charge on any atom is 0.0120 e. The van der Waals surface area contributed by atoms with Gasteiger partial charge in [-0.2, -0.15) is 0 Å². The Hall–Kier alpha value is -0.560. The molecule has 1 aromatic rings. The van der Waals surface area contributed by atoms with Crippen LogP contribution in [0.15, 0.2) is 12.1 Å². The molecule has 0 amide bonds. The Kier molecular flexibility index (Phi) is 3.54. The van der Waals surface area contributed by atoms with Crippen molar-refractivity contribution < 1.29 is 0 Å². The summed E-state index contributed by atoms with van der Waals surface area (Å²) in [7, 11) is 0. The van der Waals surface area contributed by atoms with Crippen LogP contribution in [0, 0.1) is 6.92 Å². The summed E-state index contributed by atoms with van der Waals surface area (Å²) in [6.45, 7) is 6.48. The van der Waals surface area contributed by atoms with Crippen molar-refractivity contribution in [2.24, 2.45) is 0 Å². The smallest absolute Gasteiger partial charge is 0.0120 e. The molecule has 0 unspecified atom stereocenters. The van der Waals surface area contributed by atoms with Crippen LogP contribution < -0.4 is 0 Å². The highest BCUT2D eigenvalue weighted by atomic mass is 32.1. The summed E-state index contributed by atoms with van der Waals surface area (Å²) in [5, 5.41) is 0. The highest BCUT2D eigenvalue weighted by molar-refractivity contribution is 7.12. The molecule has 0 N–H and O–H groups in total. The fraction of sp³-hybridized carbons (Fsp3) is 0.455. The number of rotatable bonds is 3. The first-order valence-corrected chi connectivity index (χ1v) is 5.31. The lowest BCUT2D eigenvalue weighted by atomic mass is 10.1. The van der Waals surface area contributed by atoms with E-state index in [0.29, 0.717) is 0 Å². The maximum absolute atomic E-state index is 2.27. The summed E-state index contributed by atoms with van der Waals surface area (Å²) >= 11 is 1.93. The number of hydrogen-bond donors (Lipinski definition) is 0.